The van der Waals surface area contributed by atoms with Gasteiger partial charge in [-0.05, 0) is 5.56 Å². The molecule has 23 heavy (non-hydrogen) atoms. The maximum atomic E-state index is 13.8. The lowest BCUT2D eigenvalue weighted by atomic mass is 10.0. The number of cyclic esters (lactones) is 1. The summed E-state index contributed by atoms with van der Waals surface area (Å²) in [6, 6.07) is 9.58. The highest BCUT2D eigenvalue weighted by molar-refractivity contribution is 6.18. The number of ether oxygens (including phenoxy) is 1. The normalized spacial score (nSPS) is 20.3. The van der Waals surface area contributed by atoms with Crippen LogP contribution in [0, 0.1) is 17.5 Å². The Bertz CT molecular complexity index is 779. The Hall–Kier alpha value is -2.60. The standard InChI is InChI=1S/C17H11F3O3/c18-11-6-13(19)15(14(20)7-11)12-9-17(22,23-16(12)21)8-10-4-2-1-3-5-10/h1-7,9,22H,8H2. The van der Waals surface area contributed by atoms with Gasteiger partial charge in [0, 0.05) is 24.6 Å². The molecule has 0 fully saturated rings. The highest BCUT2D eigenvalue weighted by Crippen LogP contribution is 2.34. The molecule has 0 saturated heterocycles. The molecule has 0 aromatic heterocycles. The summed E-state index contributed by atoms with van der Waals surface area (Å²) in [7, 11) is 0. The quantitative estimate of drug-likeness (QED) is 0.885. The molecule has 0 aliphatic carbocycles. The molecule has 1 atom stereocenters. The summed E-state index contributed by atoms with van der Waals surface area (Å²) >= 11 is 0. The fourth-order valence-electron chi connectivity index (χ4n) is 2.48. The number of rotatable bonds is 3. The molecule has 0 radical (unpaired) electrons. The molecule has 1 N–H and O–H groups in total. The van der Waals surface area contributed by atoms with Gasteiger partial charge in [-0.2, -0.15) is 0 Å². The van der Waals surface area contributed by atoms with E-state index in [0.717, 1.165) is 6.08 Å². The number of carbonyl (C=O) groups is 1. The first-order valence-corrected chi connectivity index (χ1v) is 6.75. The molecule has 1 aliphatic rings. The topological polar surface area (TPSA) is 46.5 Å². The van der Waals surface area contributed by atoms with Gasteiger partial charge >= 0.3 is 5.97 Å². The summed E-state index contributed by atoms with van der Waals surface area (Å²) in [6.07, 6.45) is 0.870. The van der Waals surface area contributed by atoms with E-state index in [4.69, 9.17) is 4.74 Å². The van der Waals surface area contributed by atoms with Gasteiger partial charge in [0.25, 0.3) is 0 Å². The molecule has 0 amide bonds. The van der Waals surface area contributed by atoms with Crippen LogP contribution in [0.3, 0.4) is 0 Å². The Morgan fingerprint density at radius 1 is 1.04 bits per heavy atom. The van der Waals surface area contributed by atoms with E-state index < -0.39 is 40.3 Å². The molecule has 1 aliphatic heterocycles. The number of hydrogen-bond acceptors (Lipinski definition) is 3. The maximum Gasteiger partial charge on any atom is 0.341 e. The van der Waals surface area contributed by atoms with Gasteiger partial charge in [-0.15, -0.1) is 0 Å². The predicted octanol–water partition coefficient (Wildman–Crippen LogP) is 2.98. The summed E-state index contributed by atoms with van der Waals surface area (Å²) in [6.45, 7) is 0. The summed E-state index contributed by atoms with van der Waals surface area (Å²) < 4.78 is 45.4. The van der Waals surface area contributed by atoms with Gasteiger partial charge < -0.3 is 9.84 Å². The first-order chi connectivity index (χ1) is 10.9. The van der Waals surface area contributed by atoms with Crippen molar-refractivity contribution in [2.45, 2.75) is 12.2 Å². The SMILES string of the molecule is O=C1OC(O)(Cc2ccccc2)C=C1c1c(F)cc(F)cc1F. The second kappa shape index (κ2) is 5.55. The zero-order chi connectivity index (χ0) is 16.6. The maximum absolute atomic E-state index is 13.8. The van der Waals surface area contributed by atoms with Crippen LogP contribution in [0.25, 0.3) is 5.57 Å². The highest BCUT2D eigenvalue weighted by atomic mass is 19.1. The smallest absolute Gasteiger partial charge is 0.341 e. The monoisotopic (exact) mass is 320 g/mol. The lowest BCUT2D eigenvalue weighted by molar-refractivity contribution is -0.176. The minimum atomic E-state index is -2.01. The first-order valence-electron chi connectivity index (χ1n) is 6.75. The van der Waals surface area contributed by atoms with E-state index >= 15 is 0 Å². The Kier molecular flexibility index (Phi) is 3.69. The van der Waals surface area contributed by atoms with E-state index in [1.54, 1.807) is 30.3 Å². The van der Waals surface area contributed by atoms with Crippen LogP contribution in [0.5, 0.6) is 0 Å². The third kappa shape index (κ3) is 2.98. The largest absolute Gasteiger partial charge is 0.425 e. The number of halogens is 3. The van der Waals surface area contributed by atoms with Crippen molar-refractivity contribution in [2.24, 2.45) is 0 Å². The number of esters is 1. The minimum Gasteiger partial charge on any atom is -0.425 e. The Morgan fingerprint density at radius 3 is 2.26 bits per heavy atom. The molecule has 0 bridgehead atoms. The molecule has 1 unspecified atom stereocenters. The average molecular weight is 320 g/mol. The van der Waals surface area contributed by atoms with Gasteiger partial charge in [-0.25, -0.2) is 18.0 Å². The number of aliphatic hydroxyl groups is 1. The van der Waals surface area contributed by atoms with Crippen LogP contribution in [-0.2, 0) is 16.0 Å². The molecule has 6 heteroatoms. The molecule has 2 aromatic rings. The second-order valence-corrected chi connectivity index (χ2v) is 5.20. The lowest BCUT2D eigenvalue weighted by Gasteiger charge is -2.19. The van der Waals surface area contributed by atoms with Gasteiger partial charge in [0.1, 0.15) is 17.5 Å². The van der Waals surface area contributed by atoms with Crippen molar-refractivity contribution in [1.82, 2.24) is 0 Å². The van der Waals surface area contributed by atoms with E-state index in [1.165, 1.54) is 0 Å². The van der Waals surface area contributed by atoms with Gasteiger partial charge in [-0.3, -0.25) is 0 Å². The summed E-state index contributed by atoms with van der Waals surface area (Å²) in [5.74, 6) is -6.67. The van der Waals surface area contributed by atoms with Gasteiger partial charge in [0.05, 0.1) is 11.1 Å². The molecule has 3 rings (SSSR count). The zero-order valence-electron chi connectivity index (χ0n) is 11.7. The van der Waals surface area contributed by atoms with Crippen LogP contribution in [0.1, 0.15) is 11.1 Å². The highest BCUT2D eigenvalue weighted by Gasteiger charge is 2.40. The molecular weight excluding hydrogens is 309 g/mol. The first kappa shape index (κ1) is 15.3. The number of carbonyl (C=O) groups excluding carboxylic acids is 1. The molecule has 0 spiro atoms. The second-order valence-electron chi connectivity index (χ2n) is 5.20. The average Bonchev–Trinajstić information content (AvgIpc) is 2.73. The van der Waals surface area contributed by atoms with Gasteiger partial charge in [0.15, 0.2) is 0 Å². The summed E-state index contributed by atoms with van der Waals surface area (Å²) in [5, 5.41) is 10.3. The van der Waals surface area contributed by atoms with Gasteiger partial charge in [-0.1, -0.05) is 30.3 Å². The van der Waals surface area contributed by atoms with Crippen LogP contribution >= 0.6 is 0 Å². The molecule has 118 valence electrons. The van der Waals surface area contributed by atoms with Crippen LogP contribution < -0.4 is 0 Å². The van der Waals surface area contributed by atoms with Crippen LogP contribution in [0.2, 0.25) is 0 Å². The lowest BCUT2D eigenvalue weighted by Crippen LogP contribution is -2.30. The van der Waals surface area contributed by atoms with Crippen molar-refractivity contribution in [3.63, 3.8) is 0 Å². The van der Waals surface area contributed by atoms with E-state index in [0.29, 0.717) is 17.7 Å². The molecular formula is C17H11F3O3. The third-order valence-corrected chi connectivity index (χ3v) is 3.44. The third-order valence-electron chi connectivity index (χ3n) is 3.44. The Morgan fingerprint density at radius 2 is 1.65 bits per heavy atom. The summed E-state index contributed by atoms with van der Waals surface area (Å²) in [5.41, 5.74) is -0.529. The Labute approximate surface area is 129 Å². The fourth-order valence-corrected chi connectivity index (χ4v) is 2.48. The van der Waals surface area contributed by atoms with Crippen molar-refractivity contribution in [3.05, 3.63) is 77.1 Å². The van der Waals surface area contributed by atoms with Crippen LogP contribution in [0.4, 0.5) is 13.2 Å². The van der Waals surface area contributed by atoms with Gasteiger partial charge in [0.2, 0.25) is 5.79 Å². The molecule has 0 saturated carbocycles. The van der Waals surface area contributed by atoms with E-state index in [1.807, 2.05) is 0 Å². The van der Waals surface area contributed by atoms with Crippen molar-refractivity contribution < 1.29 is 27.8 Å². The van der Waals surface area contributed by atoms with Crippen molar-refractivity contribution in [1.29, 1.82) is 0 Å². The minimum absolute atomic E-state index is 0.0759. The molecule has 3 nitrogen and oxygen atoms in total. The number of benzene rings is 2. The van der Waals surface area contributed by atoms with E-state index in [9.17, 15) is 23.1 Å². The van der Waals surface area contributed by atoms with E-state index in [-0.39, 0.29) is 6.42 Å². The van der Waals surface area contributed by atoms with Crippen LogP contribution in [0.15, 0.2) is 48.5 Å². The van der Waals surface area contributed by atoms with E-state index in [2.05, 4.69) is 0 Å². The molecule has 2 aromatic carbocycles. The van der Waals surface area contributed by atoms with Crippen molar-refractivity contribution in [2.75, 3.05) is 0 Å². The van der Waals surface area contributed by atoms with Crippen LogP contribution in [-0.4, -0.2) is 16.9 Å². The number of hydrogen-bond donors (Lipinski definition) is 1. The van der Waals surface area contributed by atoms with Crippen molar-refractivity contribution >= 4 is 11.5 Å². The predicted molar refractivity (Wildman–Crippen MR) is 75.5 cm³/mol. The fraction of sp³-hybridized carbons (Fsp3) is 0.118. The Balaban J connectivity index is 1.99. The molecule has 1 heterocycles. The van der Waals surface area contributed by atoms with Crippen molar-refractivity contribution in [3.8, 4) is 0 Å². The zero-order valence-corrected chi connectivity index (χ0v) is 11.7. The summed E-state index contributed by atoms with van der Waals surface area (Å²) in [4.78, 5) is 11.9.